The molecule has 0 unspecified atom stereocenters. The van der Waals surface area contributed by atoms with E-state index in [0.717, 1.165) is 15.6 Å². The van der Waals surface area contributed by atoms with Gasteiger partial charge in [-0.1, -0.05) is 53.8 Å². The van der Waals surface area contributed by atoms with E-state index < -0.39 is 6.09 Å². The van der Waals surface area contributed by atoms with Crippen LogP contribution in [0.25, 0.3) is 0 Å². The molecule has 0 saturated carbocycles. The second-order valence-corrected chi connectivity index (χ2v) is 5.93. The number of nitrogens with one attached hydrogen (secondary N) is 1. The molecule has 118 valence electrons. The molecule has 3 nitrogen and oxygen atoms in total. The third kappa shape index (κ3) is 6.35. The molecule has 0 aromatic heterocycles. The highest BCUT2D eigenvalue weighted by Crippen LogP contribution is 2.22. The topological polar surface area (TPSA) is 38.3 Å². The smallest absolute Gasteiger partial charge is 0.407 e. The molecule has 0 aliphatic heterocycles. The summed E-state index contributed by atoms with van der Waals surface area (Å²) >= 11 is 9.27. The molecule has 0 saturated heterocycles. The first kappa shape index (κ1) is 17.4. The van der Waals surface area contributed by atoms with Gasteiger partial charge in [0, 0.05) is 23.0 Å². The lowest BCUT2D eigenvalue weighted by molar-refractivity contribution is 0.140. The van der Waals surface area contributed by atoms with Crippen molar-refractivity contribution in [2.24, 2.45) is 0 Å². The summed E-state index contributed by atoms with van der Waals surface area (Å²) in [5.41, 5.74) is 1.82. The second-order valence-electron chi connectivity index (χ2n) is 4.67. The molecule has 2 rings (SSSR count). The van der Waals surface area contributed by atoms with Gasteiger partial charge in [-0.3, -0.25) is 0 Å². The summed E-state index contributed by atoms with van der Waals surface area (Å²) < 4.78 is 5.92. The van der Waals surface area contributed by atoms with Crippen molar-refractivity contribution in [1.29, 1.82) is 0 Å². The zero-order valence-electron chi connectivity index (χ0n) is 12.3. The van der Waals surface area contributed by atoms with E-state index >= 15 is 0 Å². The number of amides is 1. The number of carbonyl (C=O) groups excluding carboxylic acids is 1. The summed E-state index contributed by atoms with van der Waals surface area (Å²) in [6.07, 6.45) is 0.102. The standard InChI is InChI=1S/C18H15BrClNO2/c19-16-12-14(9-10-17(16)20)6-4-5-11-21-18(22)23-13-15-7-2-1-3-8-15/h1-3,7-10,12H,5,11,13H2,(H,21,22). The highest BCUT2D eigenvalue weighted by Gasteiger charge is 2.00. The number of benzene rings is 2. The fourth-order valence-corrected chi connectivity index (χ4v) is 2.24. The zero-order valence-corrected chi connectivity index (χ0v) is 14.7. The van der Waals surface area contributed by atoms with Crippen LogP contribution in [0.15, 0.2) is 53.0 Å². The van der Waals surface area contributed by atoms with Crippen molar-refractivity contribution < 1.29 is 9.53 Å². The molecule has 0 bridgehead atoms. The number of ether oxygens (including phenoxy) is 1. The van der Waals surface area contributed by atoms with Crippen LogP contribution in [0.2, 0.25) is 5.02 Å². The van der Waals surface area contributed by atoms with E-state index in [1.54, 1.807) is 6.07 Å². The maximum Gasteiger partial charge on any atom is 0.407 e. The maximum absolute atomic E-state index is 11.5. The van der Waals surface area contributed by atoms with Crippen molar-refractivity contribution in [2.45, 2.75) is 13.0 Å². The van der Waals surface area contributed by atoms with Gasteiger partial charge in [-0.05, 0) is 39.7 Å². The molecular formula is C18H15BrClNO2. The Bertz CT molecular complexity index is 723. The van der Waals surface area contributed by atoms with Crippen molar-refractivity contribution in [1.82, 2.24) is 5.32 Å². The van der Waals surface area contributed by atoms with Crippen LogP contribution in [0.4, 0.5) is 4.79 Å². The molecule has 5 heteroatoms. The third-order valence-corrected chi connectivity index (χ3v) is 4.10. The molecule has 0 spiro atoms. The number of hydrogen-bond donors (Lipinski definition) is 1. The monoisotopic (exact) mass is 391 g/mol. The van der Waals surface area contributed by atoms with E-state index in [0.29, 0.717) is 18.0 Å². The van der Waals surface area contributed by atoms with E-state index in [2.05, 4.69) is 33.1 Å². The van der Waals surface area contributed by atoms with Crippen LogP contribution >= 0.6 is 27.5 Å². The van der Waals surface area contributed by atoms with Gasteiger partial charge in [0.15, 0.2) is 0 Å². The Hall–Kier alpha value is -1.96. The highest BCUT2D eigenvalue weighted by molar-refractivity contribution is 9.10. The molecule has 0 radical (unpaired) electrons. The Labute approximate surface area is 149 Å². The molecule has 23 heavy (non-hydrogen) atoms. The Morgan fingerprint density at radius 1 is 1.22 bits per heavy atom. The van der Waals surface area contributed by atoms with Crippen molar-refractivity contribution in [3.63, 3.8) is 0 Å². The maximum atomic E-state index is 11.5. The van der Waals surface area contributed by atoms with E-state index in [9.17, 15) is 4.79 Å². The van der Waals surface area contributed by atoms with Gasteiger partial charge < -0.3 is 10.1 Å². The van der Waals surface area contributed by atoms with Gasteiger partial charge >= 0.3 is 6.09 Å². The first-order chi connectivity index (χ1) is 11.1. The lowest BCUT2D eigenvalue weighted by atomic mass is 10.2. The summed E-state index contributed by atoms with van der Waals surface area (Å²) in [5, 5.41) is 3.32. The van der Waals surface area contributed by atoms with Crippen molar-refractivity contribution >= 4 is 33.6 Å². The third-order valence-electron chi connectivity index (χ3n) is 2.88. The second kappa shape index (κ2) is 9.24. The van der Waals surface area contributed by atoms with Gasteiger partial charge in [-0.25, -0.2) is 4.79 Å². The van der Waals surface area contributed by atoms with E-state index in [-0.39, 0.29) is 6.61 Å². The minimum absolute atomic E-state index is 0.261. The zero-order chi connectivity index (χ0) is 16.5. The van der Waals surface area contributed by atoms with Gasteiger partial charge in [-0.2, -0.15) is 0 Å². The molecule has 1 N–H and O–H groups in total. The molecule has 0 atom stereocenters. The van der Waals surface area contributed by atoms with Crippen molar-refractivity contribution in [3.8, 4) is 11.8 Å². The molecule has 0 aliphatic carbocycles. The van der Waals surface area contributed by atoms with Crippen molar-refractivity contribution in [3.05, 3.63) is 69.2 Å². The Balaban J connectivity index is 1.68. The number of rotatable bonds is 4. The Morgan fingerprint density at radius 2 is 2.00 bits per heavy atom. The summed E-state index contributed by atoms with van der Waals surface area (Å²) in [5.74, 6) is 6.01. The van der Waals surface area contributed by atoms with E-state index in [1.165, 1.54) is 0 Å². The number of alkyl carbamates (subject to hydrolysis) is 1. The average Bonchev–Trinajstić information content (AvgIpc) is 2.57. The minimum Gasteiger partial charge on any atom is -0.445 e. The molecule has 1 amide bonds. The van der Waals surface area contributed by atoms with Crippen LogP contribution in [-0.2, 0) is 11.3 Å². The van der Waals surface area contributed by atoms with Gasteiger partial charge in [-0.15, -0.1) is 0 Å². The lowest BCUT2D eigenvalue weighted by Gasteiger charge is -2.05. The molecule has 0 fully saturated rings. The fourth-order valence-electron chi connectivity index (χ4n) is 1.74. The molecule has 0 aliphatic rings. The summed E-state index contributed by atoms with van der Waals surface area (Å²) in [7, 11) is 0. The predicted molar refractivity (Wildman–Crippen MR) is 95.3 cm³/mol. The molecular weight excluding hydrogens is 378 g/mol. The first-order valence-electron chi connectivity index (χ1n) is 7.03. The van der Waals surface area contributed by atoms with Crippen LogP contribution in [0.3, 0.4) is 0 Å². The van der Waals surface area contributed by atoms with Crippen LogP contribution in [0, 0.1) is 11.8 Å². The van der Waals surface area contributed by atoms with E-state index in [1.807, 2.05) is 42.5 Å². The summed E-state index contributed by atoms with van der Waals surface area (Å²) in [6.45, 7) is 0.701. The largest absolute Gasteiger partial charge is 0.445 e. The SMILES string of the molecule is O=C(NCCC#Cc1ccc(Cl)c(Br)c1)OCc1ccccc1. The molecule has 0 heterocycles. The minimum atomic E-state index is -0.440. The first-order valence-corrected chi connectivity index (χ1v) is 8.21. The van der Waals surface area contributed by atoms with E-state index in [4.69, 9.17) is 16.3 Å². The molecule has 2 aromatic carbocycles. The van der Waals surface area contributed by atoms with Crippen LogP contribution in [0.5, 0.6) is 0 Å². The Kier molecular flexibility index (Phi) is 6.99. The quantitative estimate of drug-likeness (QED) is 0.601. The fraction of sp³-hybridized carbons (Fsp3) is 0.167. The average molecular weight is 393 g/mol. The molecule has 2 aromatic rings. The lowest BCUT2D eigenvalue weighted by Crippen LogP contribution is -2.24. The summed E-state index contributed by atoms with van der Waals surface area (Å²) in [4.78, 5) is 11.5. The normalized spacial score (nSPS) is 9.65. The van der Waals surface area contributed by atoms with Crippen LogP contribution in [0.1, 0.15) is 17.5 Å². The number of hydrogen-bond acceptors (Lipinski definition) is 2. The Morgan fingerprint density at radius 3 is 2.74 bits per heavy atom. The van der Waals surface area contributed by atoms with Crippen molar-refractivity contribution in [2.75, 3.05) is 6.54 Å². The van der Waals surface area contributed by atoms with Gasteiger partial charge in [0.25, 0.3) is 0 Å². The van der Waals surface area contributed by atoms with Gasteiger partial charge in [0.05, 0.1) is 5.02 Å². The highest BCUT2D eigenvalue weighted by atomic mass is 79.9. The summed E-state index contributed by atoms with van der Waals surface area (Å²) in [6, 6.07) is 15.0. The van der Waals surface area contributed by atoms with Gasteiger partial charge in [0.1, 0.15) is 6.61 Å². The van der Waals surface area contributed by atoms with Crippen LogP contribution < -0.4 is 5.32 Å². The predicted octanol–water partition coefficient (Wildman–Crippen LogP) is 4.77. The van der Waals surface area contributed by atoms with Gasteiger partial charge in [0.2, 0.25) is 0 Å². The van der Waals surface area contributed by atoms with Crippen LogP contribution in [-0.4, -0.2) is 12.6 Å². The number of halogens is 2. The number of carbonyl (C=O) groups is 1.